The summed E-state index contributed by atoms with van der Waals surface area (Å²) in [6.45, 7) is 6.76. The molecule has 106 valence electrons. The number of sulfonamides is 1. The van der Waals surface area contributed by atoms with Gasteiger partial charge in [0.2, 0.25) is 10.0 Å². The summed E-state index contributed by atoms with van der Waals surface area (Å²) in [6, 6.07) is 5.06. The molecule has 3 N–H and O–H groups in total. The molecule has 2 rings (SSSR count). The van der Waals surface area contributed by atoms with E-state index in [0.717, 1.165) is 12.0 Å². The number of hydrogen-bond donors (Lipinski definition) is 2. The number of aryl methyl sites for hydroxylation is 1. The van der Waals surface area contributed by atoms with Crippen molar-refractivity contribution < 1.29 is 8.42 Å². The van der Waals surface area contributed by atoms with Crippen molar-refractivity contribution in [3.05, 3.63) is 23.8 Å². The first kappa shape index (κ1) is 14.3. The Hall–Kier alpha value is -1.07. The van der Waals surface area contributed by atoms with Gasteiger partial charge in [0, 0.05) is 12.2 Å². The van der Waals surface area contributed by atoms with E-state index in [9.17, 15) is 8.42 Å². The van der Waals surface area contributed by atoms with Gasteiger partial charge in [0.05, 0.1) is 4.90 Å². The molecule has 1 atom stereocenters. The second-order valence-corrected chi connectivity index (χ2v) is 7.70. The van der Waals surface area contributed by atoms with Crippen molar-refractivity contribution in [3.63, 3.8) is 0 Å². The first-order valence-corrected chi connectivity index (χ1v) is 8.12. The van der Waals surface area contributed by atoms with Gasteiger partial charge in [0.1, 0.15) is 0 Å². The molecule has 0 aromatic heterocycles. The minimum absolute atomic E-state index is 0.270. The van der Waals surface area contributed by atoms with Crippen LogP contribution >= 0.6 is 0 Å². The standard InChI is InChI=1S/C14H22N2O2S/c1-4-10-5-6-12(15)7-13(10)19(17,18)16-9-11-8-14(11,2)3/h5-7,11,16H,4,8-9,15H2,1-3H3. The molecule has 0 heterocycles. The molecule has 0 spiro atoms. The minimum atomic E-state index is -3.46. The van der Waals surface area contributed by atoms with Crippen molar-refractivity contribution in [1.82, 2.24) is 4.72 Å². The maximum Gasteiger partial charge on any atom is 0.240 e. The lowest BCUT2D eigenvalue weighted by molar-refractivity contribution is 0.537. The van der Waals surface area contributed by atoms with E-state index in [4.69, 9.17) is 5.73 Å². The van der Waals surface area contributed by atoms with Gasteiger partial charge in [-0.2, -0.15) is 0 Å². The predicted octanol–water partition coefficient (Wildman–Crippen LogP) is 2.16. The zero-order valence-electron chi connectivity index (χ0n) is 11.7. The van der Waals surface area contributed by atoms with Gasteiger partial charge in [-0.25, -0.2) is 13.1 Å². The summed E-state index contributed by atoms with van der Waals surface area (Å²) >= 11 is 0. The van der Waals surface area contributed by atoms with E-state index in [-0.39, 0.29) is 5.41 Å². The molecule has 1 aliphatic carbocycles. The van der Waals surface area contributed by atoms with Crippen LogP contribution in [0.3, 0.4) is 0 Å². The average molecular weight is 282 g/mol. The second kappa shape index (κ2) is 4.80. The molecule has 0 saturated heterocycles. The molecule has 1 unspecified atom stereocenters. The Kier molecular flexibility index (Phi) is 3.62. The molecular weight excluding hydrogens is 260 g/mol. The number of benzene rings is 1. The molecule has 1 aliphatic rings. The van der Waals surface area contributed by atoms with Crippen molar-refractivity contribution in [2.24, 2.45) is 11.3 Å². The molecule has 1 fully saturated rings. The fourth-order valence-electron chi connectivity index (χ4n) is 2.33. The average Bonchev–Trinajstić information content (AvgIpc) is 2.95. The summed E-state index contributed by atoms with van der Waals surface area (Å²) < 4.78 is 27.4. The van der Waals surface area contributed by atoms with E-state index in [1.807, 2.05) is 6.92 Å². The van der Waals surface area contributed by atoms with Crippen molar-refractivity contribution in [2.75, 3.05) is 12.3 Å². The van der Waals surface area contributed by atoms with Crippen LogP contribution in [0, 0.1) is 11.3 Å². The summed E-state index contributed by atoms with van der Waals surface area (Å²) in [7, 11) is -3.46. The number of rotatable bonds is 5. The molecule has 1 saturated carbocycles. The van der Waals surface area contributed by atoms with Crippen molar-refractivity contribution >= 4 is 15.7 Å². The normalized spacial score (nSPS) is 21.3. The summed E-state index contributed by atoms with van der Waals surface area (Å²) in [6.07, 6.45) is 1.75. The van der Waals surface area contributed by atoms with E-state index in [1.54, 1.807) is 18.2 Å². The van der Waals surface area contributed by atoms with Gasteiger partial charge < -0.3 is 5.73 Å². The summed E-state index contributed by atoms with van der Waals surface area (Å²) in [4.78, 5) is 0.313. The fourth-order valence-corrected chi connectivity index (χ4v) is 3.75. The highest BCUT2D eigenvalue weighted by atomic mass is 32.2. The van der Waals surface area contributed by atoms with E-state index in [0.29, 0.717) is 29.5 Å². The lowest BCUT2D eigenvalue weighted by Crippen LogP contribution is -2.27. The predicted molar refractivity (Wildman–Crippen MR) is 77.3 cm³/mol. The highest BCUT2D eigenvalue weighted by Crippen LogP contribution is 2.51. The zero-order chi connectivity index (χ0) is 14.3. The molecule has 0 bridgehead atoms. The fraction of sp³-hybridized carbons (Fsp3) is 0.571. The van der Waals surface area contributed by atoms with Crippen LogP contribution in [-0.4, -0.2) is 15.0 Å². The lowest BCUT2D eigenvalue weighted by atomic mass is 10.1. The Labute approximate surface area is 115 Å². The number of anilines is 1. The van der Waals surface area contributed by atoms with Crippen LogP contribution in [0.5, 0.6) is 0 Å². The van der Waals surface area contributed by atoms with Crippen molar-refractivity contribution in [1.29, 1.82) is 0 Å². The van der Waals surface area contributed by atoms with Crippen LogP contribution in [-0.2, 0) is 16.4 Å². The smallest absolute Gasteiger partial charge is 0.240 e. The molecule has 1 aromatic rings. The first-order valence-electron chi connectivity index (χ1n) is 6.64. The van der Waals surface area contributed by atoms with Crippen LogP contribution in [0.25, 0.3) is 0 Å². The largest absolute Gasteiger partial charge is 0.399 e. The SMILES string of the molecule is CCc1ccc(N)cc1S(=O)(=O)NCC1CC1(C)C. The van der Waals surface area contributed by atoms with Crippen LogP contribution in [0.4, 0.5) is 5.69 Å². The topological polar surface area (TPSA) is 72.2 Å². The summed E-state index contributed by atoms with van der Waals surface area (Å²) in [5.74, 6) is 0.438. The van der Waals surface area contributed by atoms with Crippen LogP contribution in [0.15, 0.2) is 23.1 Å². The number of hydrogen-bond acceptors (Lipinski definition) is 3. The van der Waals surface area contributed by atoms with Gasteiger partial charge in [-0.15, -0.1) is 0 Å². The molecule has 4 nitrogen and oxygen atoms in total. The third kappa shape index (κ3) is 3.09. The Bertz CT molecular complexity index is 579. The monoisotopic (exact) mass is 282 g/mol. The minimum Gasteiger partial charge on any atom is -0.399 e. The van der Waals surface area contributed by atoms with Gasteiger partial charge in [-0.3, -0.25) is 0 Å². The van der Waals surface area contributed by atoms with Gasteiger partial charge in [-0.05, 0) is 41.9 Å². The molecule has 0 radical (unpaired) electrons. The van der Waals surface area contributed by atoms with Gasteiger partial charge in [-0.1, -0.05) is 26.8 Å². The Morgan fingerprint density at radius 2 is 2.05 bits per heavy atom. The quantitative estimate of drug-likeness (QED) is 0.813. The lowest BCUT2D eigenvalue weighted by Gasteiger charge is -2.12. The number of nitrogen functional groups attached to an aromatic ring is 1. The Morgan fingerprint density at radius 3 is 2.58 bits per heavy atom. The highest BCUT2D eigenvalue weighted by molar-refractivity contribution is 7.89. The van der Waals surface area contributed by atoms with Crippen LogP contribution in [0.1, 0.15) is 32.8 Å². The Balaban J connectivity index is 2.17. The highest BCUT2D eigenvalue weighted by Gasteiger charge is 2.45. The Morgan fingerprint density at radius 1 is 1.42 bits per heavy atom. The van der Waals surface area contributed by atoms with Gasteiger partial charge in [0.15, 0.2) is 0 Å². The maximum absolute atomic E-state index is 12.3. The number of nitrogens with one attached hydrogen (secondary N) is 1. The number of nitrogens with two attached hydrogens (primary N) is 1. The second-order valence-electron chi connectivity index (χ2n) is 5.96. The summed E-state index contributed by atoms with van der Waals surface area (Å²) in [5.41, 5.74) is 7.25. The molecule has 0 amide bonds. The van der Waals surface area contributed by atoms with E-state index >= 15 is 0 Å². The van der Waals surface area contributed by atoms with Crippen molar-refractivity contribution in [2.45, 2.75) is 38.5 Å². The maximum atomic E-state index is 12.3. The third-order valence-corrected chi connectivity index (χ3v) is 5.50. The van der Waals surface area contributed by atoms with E-state index < -0.39 is 10.0 Å². The summed E-state index contributed by atoms with van der Waals surface area (Å²) in [5, 5.41) is 0. The van der Waals surface area contributed by atoms with E-state index in [2.05, 4.69) is 18.6 Å². The van der Waals surface area contributed by atoms with Crippen LogP contribution < -0.4 is 10.5 Å². The molecular formula is C14H22N2O2S. The van der Waals surface area contributed by atoms with Crippen LogP contribution in [0.2, 0.25) is 0 Å². The molecule has 0 aliphatic heterocycles. The zero-order valence-corrected chi connectivity index (χ0v) is 12.5. The molecule has 5 heteroatoms. The van der Waals surface area contributed by atoms with Crippen molar-refractivity contribution in [3.8, 4) is 0 Å². The third-order valence-electron chi connectivity index (χ3n) is 4.00. The van der Waals surface area contributed by atoms with Gasteiger partial charge in [0.25, 0.3) is 0 Å². The van der Waals surface area contributed by atoms with E-state index in [1.165, 1.54) is 0 Å². The first-order chi connectivity index (χ1) is 8.76. The molecule has 19 heavy (non-hydrogen) atoms. The van der Waals surface area contributed by atoms with Gasteiger partial charge >= 0.3 is 0 Å². The molecule has 1 aromatic carbocycles.